The van der Waals surface area contributed by atoms with Crippen molar-refractivity contribution in [2.24, 2.45) is 0 Å². The van der Waals surface area contributed by atoms with Crippen molar-refractivity contribution in [1.82, 2.24) is 5.16 Å². The summed E-state index contributed by atoms with van der Waals surface area (Å²) < 4.78 is 5.45. The predicted molar refractivity (Wildman–Crippen MR) is 87.0 cm³/mol. The van der Waals surface area contributed by atoms with E-state index in [4.69, 9.17) is 27.7 Å². The summed E-state index contributed by atoms with van der Waals surface area (Å²) in [5.41, 5.74) is 2.23. The number of hydrogen-bond acceptors (Lipinski definition) is 2. The van der Waals surface area contributed by atoms with Crippen molar-refractivity contribution < 1.29 is 4.52 Å². The second-order valence-corrected chi connectivity index (χ2v) is 5.58. The van der Waals surface area contributed by atoms with Gasteiger partial charge >= 0.3 is 0 Å². The Morgan fingerprint density at radius 2 is 1.71 bits per heavy atom. The topological polar surface area (TPSA) is 26.0 Å². The third kappa shape index (κ3) is 1.91. The van der Waals surface area contributed by atoms with Crippen molar-refractivity contribution >= 4 is 44.9 Å². The Morgan fingerprint density at radius 1 is 0.857 bits per heavy atom. The van der Waals surface area contributed by atoms with Crippen LogP contribution in [-0.4, -0.2) is 5.16 Å². The summed E-state index contributed by atoms with van der Waals surface area (Å²) in [6.45, 7) is 0. The lowest BCUT2D eigenvalue weighted by molar-refractivity contribution is 0.459. The van der Waals surface area contributed by atoms with E-state index in [1.54, 1.807) is 6.07 Å². The maximum atomic E-state index is 6.32. The van der Waals surface area contributed by atoms with Gasteiger partial charge in [0.05, 0.1) is 15.4 Å². The SMILES string of the molecule is Clc1cccc(-c2noc3ccc4ccccc4c23)c1Cl. The summed E-state index contributed by atoms with van der Waals surface area (Å²) in [7, 11) is 0. The molecular weight excluding hydrogens is 305 g/mol. The minimum Gasteiger partial charge on any atom is -0.356 e. The lowest BCUT2D eigenvalue weighted by Gasteiger charge is -2.04. The fraction of sp³-hybridized carbons (Fsp3) is 0. The molecular formula is C17H9Cl2NO. The van der Waals surface area contributed by atoms with Crippen LogP contribution in [0.5, 0.6) is 0 Å². The highest BCUT2D eigenvalue weighted by atomic mass is 35.5. The van der Waals surface area contributed by atoms with Crippen LogP contribution in [0.15, 0.2) is 59.1 Å². The first-order chi connectivity index (χ1) is 10.3. The molecule has 2 nitrogen and oxygen atoms in total. The first-order valence-corrected chi connectivity index (χ1v) is 7.23. The Bertz CT molecular complexity index is 975. The van der Waals surface area contributed by atoms with Gasteiger partial charge in [0.2, 0.25) is 0 Å². The van der Waals surface area contributed by atoms with E-state index in [1.165, 1.54) is 0 Å². The van der Waals surface area contributed by atoms with E-state index in [9.17, 15) is 0 Å². The number of benzene rings is 3. The Balaban J connectivity index is 2.14. The molecule has 0 fully saturated rings. The molecule has 0 spiro atoms. The zero-order valence-electron chi connectivity index (χ0n) is 10.8. The van der Waals surface area contributed by atoms with Crippen LogP contribution < -0.4 is 0 Å². The highest BCUT2D eigenvalue weighted by Crippen LogP contribution is 2.39. The molecule has 0 aliphatic rings. The molecule has 4 heteroatoms. The molecule has 3 aromatic carbocycles. The van der Waals surface area contributed by atoms with Crippen molar-refractivity contribution in [2.75, 3.05) is 0 Å². The van der Waals surface area contributed by atoms with Crippen LogP contribution in [0.2, 0.25) is 10.0 Å². The minimum atomic E-state index is 0.488. The minimum absolute atomic E-state index is 0.488. The van der Waals surface area contributed by atoms with Crippen LogP contribution in [-0.2, 0) is 0 Å². The molecule has 1 heterocycles. The predicted octanol–water partition coefficient (Wildman–Crippen LogP) is 5.95. The highest BCUT2D eigenvalue weighted by Gasteiger charge is 2.16. The second-order valence-electron chi connectivity index (χ2n) is 4.79. The molecule has 0 bridgehead atoms. The third-order valence-corrected chi connectivity index (χ3v) is 4.39. The molecule has 0 saturated heterocycles. The fourth-order valence-electron chi connectivity index (χ4n) is 2.58. The number of rotatable bonds is 1. The van der Waals surface area contributed by atoms with Crippen molar-refractivity contribution in [3.8, 4) is 11.3 Å². The zero-order chi connectivity index (χ0) is 14.4. The monoisotopic (exact) mass is 313 g/mol. The van der Waals surface area contributed by atoms with Gasteiger partial charge in [0.15, 0.2) is 5.58 Å². The number of aromatic nitrogens is 1. The maximum Gasteiger partial charge on any atom is 0.168 e. The van der Waals surface area contributed by atoms with Gasteiger partial charge in [-0.25, -0.2) is 0 Å². The summed E-state index contributed by atoms with van der Waals surface area (Å²) in [6, 6.07) is 17.6. The quantitative estimate of drug-likeness (QED) is 0.433. The summed E-state index contributed by atoms with van der Waals surface area (Å²) >= 11 is 12.4. The first kappa shape index (κ1) is 12.7. The Morgan fingerprint density at radius 3 is 2.62 bits per heavy atom. The van der Waals surface area contributed by atoms with Gasteiger partial charge in [0.25, 0.3) is 0 Å². The van der Waals surface area contributed by atoms with Gasteiger partial charge in [0.1, 0.15) is 5.69 Å². The summed E-state index contributed by atoms with van der Waals surface area (Å²) in [5.74, 6) is 0. The number of fused-ring (bicyclic) bond motifs is 3. The maximum absolute atomic E-state index is 6.32. The molecule has 4 rings (SSSR count). The molecule has 4 aromatic rings. The summed E-state index contributed by atoms with van der Waals surface area (Å²) in [6.07, 6.45) is 0. The molecule has 102 valence electrons. The molecule has 0 radical (unpaired) electrons. The normalized spacial score (nSPS) is 11.3. The molecule has 0 unspecified atom stereocenters. The van der Waals surface area contributed by atoms with Crippen molar-refractivity contribution in [3.05, 3.63) is 64.6 Å². The van der Waals surface area contributed by atoms with E-state index in [0.717, 1.165) is 27.3 Å². The van der Waals surface area contributed by atoms with Crippen LogP contribution in [0.4, 0.5) is 0 Å². The molecule has 0 atom stereocenters. The number of halogens is 2. The largest absolute Gasteiger partial charge is 0.356 e. The summed E-state index contributed by atoms with van der Waals surface area (Å²) in [4.78, 5) is 0. The molecule has 0 N–H and O–H groups in total. The average Bonchev–Trinajstić information content (AvgIpc) is 2.94. The Kier molecular flexibility index (Phi) is 2.88. The van der Waals surface area contributed by atoms with E-state index in [1.807, 2.05) is 36.4 Å². The van der Waals surface area contributed by atoms with Gasteiger partial charge < -0.3 is 4.52 Å². The summed E-state index contributed by atoms with van der Waals surface area (Å²) in [5, 5.41) is 8.37. The Hall–Kier alpha value is -2.03. The molecule has 0 aliphatic heterocycles. The van der Waals surface area contributed by atoms with Crippen LogP contribution in [0.25, 0.3) is 33.0 Å². The smallest absolute Gasteiger partial charge is 0.168 e. The van der Waals surface area contributed by atoms with E-state index in [-0.39, 0.29) is 0 Å². The number of nitrogens with zero attached hydrogens (tertiary/aromatic N) is 1. The van der Waals surface area contributed by atoms with Gasteiger partial charge in [-0.05, 0) is 22.9 Å². The van der Waals surface area contributed by atoms with Gasteiger partial charge in [-0.15, -0.1) is 0 Å². The van der Waals surface area contributed by atoms with Gasteiger partial charge in [0, 0.05) is 5.56 Å². The Labute approximate surface area is 130 Å². The van der Waals surface area contributed by atoms with Crippen LogP contribution in [0.1, 0.15) is 0 Å². The van der Waals surface area contributed by atoms with Crippen molar-refractivity contribution in [3.63, 3.8) is 0 Å². The second kappa shape index (κ2) is 4.76. The first-order valence-electron chi connectivity index (χ1n) is 6.47. The standard InChI is InChI=1S/C17H9Cl2NO/c18-13-7-3-6-12(16(13)19)17-15-11-5-2-1-4-10(11)8-9-14(15)21-20-17/h1-9H. The molecule has 0 amide bonds. The highest BCUT2D eigenvalue weighted by molar-refractivity contribution is 6.44. The van der Waals surface area contributed by atoms with E-state index >= 15 is 0 Å². The van der Waals surface area contributed by atoms with Crippen LogP contribution >= 0.6 is 23.2 Å². The van der Waals surface area contributed by atoms with Gasteiger partial charge in [-0.2, -0.15) is 0 Å². The molecule has 1 aromatic heterocycles. The fourth-order valence-corrected chi connectivity index (χ4v) is 2.97. The van der Waals surface area contributed by atoms with Crippen LogP contribution in [0.3, 0.4) is 0 Å². The molecule has 0 saturated carbocycles. The van der Waals surface area contributed by atoms with E-state index in [0.29, 0.717) is 15.7 Å². The zero-order valence-corrected chi connectivity index (χ0v) is 12.3. The average molecular weight is 314 g/mol. The third-order valence-electron chi connectivity index (χ3n) is 3.57. The lowest BCUT2D eigenvalue weighted by Crippen LogP contribution is -1.82. The van der Waals surface area contributed by atoms with Crippen LogP contribution in [0, 0.1) is 0 Å². The van der Waals surface area contributed by atoms with E-state index in [2.05, 4.69) is 17.3 Å². The van der Waals surface area contributed by atoms with Gasteiger partial charge in [-0.1, -0.05) is 70.8 Å². The lowest BCUT2D eigenvalue weighted by atomic mass is 10.0. The molecule has 21 heavy (non-hydrogen) atoms. The van der Waals surface area contributed by atoms with Crippen molar-refractivity contribution in [1.29, 1.82) is 0 Å². The molecule has 0 aliphatic carbocycles. The van der Waals surface area contributed by atoms with Gasteiger partial charge in [-0.3, -0.25) is 0 Å². The van der Waals surface area contributed by atoms with E-state index < -0.39 is 0 Å². The van der Waals surface area contributed by atoms with Crippen molar-refractivity contribution in [2.45, 2.75) is 0 Å². The number of hydrogen-bond donors (Lipinski definition) is 0.